The second-order valence-electron chi connectivity index (χ2n) is 4.12. The summed E-state index contributed by atoms with van der Waals surface area (Å²) in [4.78, 5) is 0. The lowest BCUT2D eigenvalue weighted by Crippen LogP contribution is -2.62. The highest BCUT2D eigenvalue weighted by Crippen LogP contribution is 2.35. The van der Waals surface area contributed by atoms with Crippen molar-refractivity contribution in [2.24, 2.45) is 0 Å². The summed E-state index contributed by atoms with van der Waals surface area (Å²) in [7, 11) is 0. The molecular weight excluding hydrogens is 138 g/mol. The van der Waals surface area contributed by atoms with Gasteiger partial charge >= 0.3 is 0 Å². The summed E-state index contributed by atoms with van der Waals surface area (Å²) in [5.41, 5.74) is 0.469. The average molecular weight is 155 g/mol. The van der Waals surface area contributed by atoms with Gasteiger partial charge in [-0.2, -0.15) is 0 Å². The molecule has 0 bridgehead atoms. The lowest BCUT2D eigenvalue weighted by molar-refractivity contribution is -0.0858. The van der Waals surface area contributed by atoms with Crippen molar-refractivity contribution in [1.29, 1.82) is 0 Å². The highest BCUT2D eigenvalue weighted by molar-refractivity contribution is 5.01. The molecule has 2 rings (SSSR count). The predicted octanol–water partition coefficient (Wildman–Crippen LogP) is 1.31. The Morgan fingerprint density at radius 3 is 2.18 bits per heavy atom. The van der Waals surface area contributed by atoms with Crippen LogP contribution in [0.15, 0.2) is 0 Å². The summed E-state index contributed by atoms with van der Waals surface area (Å²) >= 11 is 0. The topological polar surface area (TPSA) is 21.3 Å². The van der Waals surface area contributed by atoms with Crippen molar-refractivity contribution in [2.45, 2.75) is 50.9 Å². The summed E-state index contributed by atoms with van der Waals surface area (Å²) in [6.07, 6.45) is 4.66. The Hall–Kier alpha value is -0.0800. The molecule has 0 aromatic rings. The Morgan fingerprint density at radius 1 is 1.27 bits per heavy atom. The molecule has 2 nitrogen and oxygen atoms in total. The normalized spacial score (nSPS) is 50.7. The molecule has 11 heavy (non-hydrogen) atoms. The van der Waals surface area contributed by atoms with Crippen LogP contribution < -0.4 is 5.32 Å². The van der Waals surface area contributed by atoms with Gasteiger partial charge in [0.05, 0.1) is 12.2 Å². The Balaban J connectivity index is 2.00. The molecule has 2 fully saturated rings. The molecule has 2 atom stereocenters. The van der Waals surface area contributed by atoms with E-state index in [1.165, 1.54) is 25.8 Å². The minimum Gasteiger partial charge on any atom is -0.375 e. The highest BCUT2D eigenvalue weighted by Gasteiger charge is 2.42. The third kappa shape index (κ3) is 1.30. The molecule has 1 spiro atoms. The zero-order valence-electron chi connectivity index (χ0n) is 7.39. The van der Waals surface area contributed by atoms with Gasteiger partial charge in [0, 0.05) is 5.54 Å². The molecule has 2 heteroatoms. The molecular formula is C9H17NO. The van der Waals surface area contributed by atoms with Crippen LogP contribution >= 0.6 is 0 Å². The van der Waals surface area contributed by atoms with Crippen LogP contribution in [-0.2, 0) is 4.74 Å². The van der Waals surface area contributed by atoms with Gasteiger partial charge in [-0.3, -0.25) is 0 Å². The van der Waals surface area contributed by atoms with Crippen LogP contribution in [0.2, 0.25) is 0 Å². The van der Waals surface area contributed by atoms with E-state index in [4.69, 9.17) is 4.74 Å². The standard InChI is InChI=1S/C9H17NO/c1-7-5-9(3-4-10-9)6-8(2)11-7/h7-8,10H,3-6H2,1-2H3. The van der Waals surface area contributed by atoms with E-state index in [0.29, 0.717) is 17.7 Å². The van der Waals surface area contributed by atoms with Crippen molar-refractivity contribution in [3.8, 4) is 0 Å². The molecule has 2 saturated heterocycles. The molecule has 2 aliphatic heterocycles. The first kappa shape index (κ1) is 7.56. The maximum absolute atomic E-state index is 5.68. The quantitative estimate of drug-likeness (QED) is 0.569. The molecule has 0 amide bonds. The van der Waals surface area contributed by atoms with Crippen LogP contribution in [-0.4, -0.2) is 24.3 Å². The molecule has 1 N–H and O–H groups in total. The minimum absolute atomic E-state index is 0.451. The maximum atomic E-state index is 5.68. The van der Waals surface area contributed by atoms with Gasteiger partial charge in [-0.1, -0.05) is 0 Å². The van der Waals surface area contributed by atoms with E-state index >= 15 is 0 Å². The maximum Gasteiger partial charge on any atom is 0.0568 e. The number of ether oxygens (including phenoxy) is 1. The number of nitrogens with one attached hydrogen (secondary N) is 1. The number of hydrogen-bond acceptors (Lipinski definition) is 2. The van der Waals surface area contributed by atoms with Gasteiger partial charge < -0.3 is 10.1 Å². The van der Waals surface area contributed by atoms with E-state index in [-0.39, 0.29) is 0 Å². The van der Waals surface area contributed by atoms with Crippen LogP contribution in [0.4, 0.5) is 0 Å². The fourth-order valence-electron chi connectivity index (χ4n) is 2.50. The average Bonchev–Trinajstić information content (AvgIpc) is 1.82. The fraction of sp³-hybridized carbons (Fsp3) is 1.00. The van der Waals surface area contributed by atoms with Crippen LogP contribution in [0.5, 0.6) is 0 Å². The van der Waals surface area contributed by atoms with E-state index in [2.05, 4.69) is 19.2 Å². The first-order valence-electron chi connectivity index (χ1n) is 4.61. The van der Waals surface area contributed by atoms with Gasteiger partial charge in [0.15, 0.2) is 0 Å². The smallest absolute Gasteiger partial charge is 0.0568 e. The first-order valence-corrected chi connectivity index (χ1v) is 4.61. The van der Waals surface area contributed by atoms with Crippen LogP contribution in [0.25, 0.3) is 0 Å². The van der Waals surface area contributed by atoms with Gasteiger partial charge in [-0.25, -0.2) is 0 Å². The van der Waals surface area contributed by atoms with E-state index in [1.54, 1.807) is 0 Å². The number of hydrogen-bond donors (Lipinski definition) is 1. The van der Waals surface area contributed by atoms with Gasteiger partial charge in [0.1, 0.15) is 0 Å². The second-order valence-corrected chi connectivity index (χ2v) is 4.12. The minimum atomic E-state index is 0.451. The summed E-state index contributed by atoms with van der Waals surface area (Å²) in [5, 5.41) is 3.54. The molecule has 64 valence electrons. The molecule has 0 aromatic heterocycles. The van der Waals surface area contributed by atoms with Crippen LogP contribution in [0.3, 0.4) is 0 Å². The van der Waals surface area contributed by atoms with Crippen molar-refractivity contribution in [3.05, 3.63) is 0 Å². The van der Waals surface area contributed by atoms with E-state index < -0.39 is 0 Å². The zero-order valence-corrected chi connectivity index (χ0v) is 7.39. The van der Waals surface area contributed by atoms with Crippen molar-refractivity contribution >= 4 is 0 Å². The van der Waals surface area contributed by atoms with Crippen LogP contribution in [0.1, 0.15) is 33.1 Å². The van der Waals surface area contributed by atoms with Crippen molar-refractivity contribution in [1.82, 2.24) is 5.32 Å². The molecule has 2 unspecified atom stereocenters. The van der Waals surface area contributed by atoms with Gasteiger partial charge in [0.2, 0.25) is 0 Å². The van der Waals surface area contributed by atoms with E-state index in [1.807, 2.05) is 0 Å². The Labute approximate surface area is 68.3 Å². The summed E-state index contributed by atoms with van der Waals surface area (Å²) in [6, 6.07) is 0. The fourth-order valence-corrected chi connectivity index (χ4v) is 2.50. The third-order valence-electron chi connectivity index (χ3n) is 2.92. The Morgan fingerprint density at radius 2 is 1.82 bits per heavy atom. The summed E-state index contributed by atoms with van der Waals surface area (Å²) < 4.78 is 5.68. The first-order chi connectivity index (χ1) is 5.20. The van der Waals surface area contributed by atoms with Gasteiger partial charge in [0.25, 0.3) is 0 Å². The predicted molar refractivity (Wildman–Crippen MR) is 44.6 cm³/mol. The van der Waals surface area contributed by atoms with Crippen LogP contribution in [0, 0.1) is 0 Å². The van der Waals surface area contributed by atoms with Crippen molar-refractivity contribution in [3.63, 3.8) is 0 Å². The second kappa shape index (κ2) is 2.46. The molecule has 0 aromatic carbocycles. The zero-order chi connectivity index (χ0) is 7.90. The van der Waals surface area contributed by atoms with Gasteiger partial charge in [-0.15, -0.1) is 0 Å². The SMILES string of the molecule is CC1CC2(CCN2)CC(C)O1. The lowest BCUT2D eigenvalue weighted by atomic mass is 9.76. The van der Waals surface area contributed by atoms with Crippen molar-refractivity contribution in [2.75, 3.05) is 6.54 Å². The van der Waals surface area contributed by atoms with E-state index in [0.717, 1.165) is 0 Å². The largest absolute Gasteiger partial charge is 0.375 e. The molecule has 2 heterocycles. The lowest BCUT2D eigenvalue weighted by Gasteiger charge is -2.50. The van der Waals surface area contributed by atoms with E-state index in [9.17, 15) is 0 Å². The molecule has 2 aliphatic rings. The molecule has 0 saturated carbocycles. The number of rotatable bonds is 0. The van der Waals surface area contributed by atoms with Gasteiger partial charge in [-0.05, 0) is 39.7 Å². The highest BCUT2D eigenvalue weighted by atomic mass is 16.5. The molecule has 0 aliphatic carbocycles. The Bertz CT molecular complexity index is 142. The van der Waals surface area contributed by atoms with Crippen molar-refractivity contribution < 1.29 is 4.74 Å². The third-order valence-corrected chi connectivity index (χ3v) is 2.92. The summed E-state index contributed by atoms with van der Waals surface area (Å²) in [5.74, 6) is 0. The summed E-state index contributed by atoms with van der Waals surface area (Å²) in [6.45, 7) is 5.56. The Kier molecular flexibility index (Phi) is 1.69. The molecule has 0 radical (unpaired) electrons. The monoisotopic (exact) mass is 155 g/mol.